The van der Waals surface area contributed by atoms with E-state index in [4.69, 9.17) is 0 Å². The largest absolute Gasteiger partial charge is 0.376 e. The smallest absolute Gasteiger partial charge is 0.259 e. The molecular weight excluding hydrogens is 336 g/mol. The number of rotatable bonds is 10. The fourth-order valence-electron chi connectivity index (χ4n) is 2.84. The van der Waals surface area contributed by atoms with Crippen LogP contribution in [0.5, 0.6) is 0 Å². The Balaban J connectivity index is 1.82. The number of nitrogens with one attached hydrogen (secondary N) is 2. The Hall–Kier alpha value is -2.82. The molecule has 0 heterocycles. The molecule has 0 aliphatic rings. The molecule has 0 radical (unpaired) electrons. The Morgan fingerprint density at radius 3 is 2.41 bits per heavy atom. The third kappa shape index (κ3) is 7.13. The van der Waals surface area contributed by atoms with Crippen LogP contribution in [0, 0.1) is 6.92 Å². The summed E-state index contributed by atoms with van der Waals surface area (Å²) in [6, 6.07) is 16.2. The fraction of sp³-hybridized carbons (Fsp3) is 0.364. The van der Waals surface area contributed by atoms with Gasteiger partial charge < -0.3 is 10.2 Å². The molecule has 0 aliphatic carbocycles. The molecule has 2 aromatic carbocycles. The van der Waals surface area contributed by atoms with Gasteiger partial charge in [0.05, 0.1) is 12.8 Å². The van der Waals surface area contributed by atoms with Gasteiger partial charge in [0.1, 0.15) is 0 Å². The summed E-state index contributed by atoms with van der Waals surface area (Å²) in [5, 5.41) is 7.13. The van der Waals surface area contributed by atoms with Crippen molar-refractivity contribution in [1.29, 1.82) is 0 Å². The molecule has 2 N–H and O–H groups in total. The van der Waals surface area contributed by atoms with Gasteiger partial charge in [-0.2, -0.15) is 5.10 Å². The number of carbonyl (C=O) groups is 1. The van der Waals surface area contributed by atoms with Crippen LogP contribution in [0.3, 0.4) is 0 Å². The third-order valence-corrected chi connectivity index (χ3v) is 4.12. The maximum Gasteiger partial charge on any atom is 0.259 e. The Kier molecular flexibility index (Phi) is 8.36. The van der Waals surface area contributed by atoms with Crippen molar-refractivity contribution in [3.05, 3.63) is 59.7 Å². The molecule has 2 rings (SSSR count). The van der Waals surface area contributed by atoms with E-state index in [9.17, 15) is 4.79 Å². The SMILES string of the molecule is CCCN(CCC)c1ccc(/C=N\NC(=O)CNc2cccc(C)c2)cc1. The number of amides is 1. The van der Waals surface area contributed by atoms with E-state index in [0.717, 1.165) is 42.7 Å². The first-order valence-electron chi connectivity index (χ1n) is 9.59. The molecule has 144 valence electrons. The predicted molar refractivity (Wildman–Crippen MR) is 115 cm³/mol. The van der Waals surface area contributed by atoms with Crippen molar-refractivity contribution in [1.82, 2.24) is 5.43 Å². The number of carbonyl (C=O) groups excluding carboxylic acids is 1. The minimum atomic E-state index is -0.179. The summed E-state index contributed by atoms with van der Waals surface area (Å²) in [5.74, 6) is -0.179. The van der Waals surface area contributed by atoms with Gasteiger partial charge in [-0.25, -0.2) is 5.43 Å². The van der Waals surface area contributed by atoms with Gasteiger partial charge in [0, 0.05) is 24.5 Å². The monoisotopic (exact) mass is 366 g/mol. The quantitative estimate of drug-likeness (QED) is 0.490. The van der Waals surface area contributed by atoms with Crippen molar-refractivity contribution in [3.8, 4) is 0 Å². The van der Waals surface area contributed by atoms with Gasteiger partial charge in [0.2, 0.25) is 0 Å². The molecule has 0 fully saturated rings. The predicted octanol–water partition coefficient (Wildman–Crippen LogP) is 4.18. The molecule has 2 aromatic rings. The highest BCUT2D eigenvalue weighted by Gasteiger charge is 2.04. The lowest BCUT2D eigenvalue weighted by Gasteiger charge is -2.23. The van der Waals surface area contributed by atoms with Crippen LogP contribution in [0.1, 0.15) is 37.8 Å². The number of anilines is 2. The van der Waals surface area contributed by atoms with Crippen LogP contribution in [-0.4, -0.2) is 31.8 Å². The number of nitrogens with zero attached hydrogens (tertiary/aromatic N) is 2. The number of benzene rings is 2. The Labute approximate surface area is 162 Å². The average Bonchev–Trinajstić information content (AvgIpc) is 2.67. The van der Waals surface area contributed by atoms with Crippen molar-refractivity contribution in [3.63, 3.8) is 0 Å². The number of hydrazone groups is 1. The summed E-state index contributed by atoms with van der Waals surface area (Å²) in [5.41, 5.74) is 6.81. The van der Waals surface area contributed by atoms with Gasteiger partial charge >= 0.3 is 0 Å². The molecule has 0 aliphatic heterocycles. The summed E-state index contributed by atoms with van der Waals surface area (Å²) in [7, 11) is 0. The first kappa shape index (κ1) is 20.5. The summed E-state index contributed by atoms with van der Waals surface area (Å²) in [6.45, 7) is 8.71. The van der Waals surface area contributed by atoms with Gasteiger partial charge in [0.25, 0.3) is 5.91 Å². The Morgan fingerprint density at radius 1 is 1.07 bits per heavy atom. The second-order valence-electron chi connectivity index (χ2n) is 6.59. The van der Waals surface area contributed by atoms with Crippen molar-refractivity contribution in [2.45, 2.75) is 33.6 Å². The van der Waals surface area contributed by atoms with Gasteiger partial charge in [-0.1, -0.05) is 38.1 Å². The molecule has 0 bridgehead atoms. The molecule has 1 amide bonds. The molecular formula is C22H30N4O. The van der Waals surface area contributed by atoms with E-state index in [1.165, 1.54) is 5.69 Å². The third-order valence-electron chi connectivity index (χ3n) is 4.12. The van der Waals surface area contributed by atoms with E-state index in [1.54, 1.807) is 6.21 Å². The number of hydrogen-bond acceptors (Lipinski definition) is 4. The zero-order chi connectivity index (χ0) is 19.5. The molecule has 0 spiro atoms. The minimum Gasteiger partial charge on any atom is -0.376 e. The van der Waals surface area contributed by atoms with Crippen LogP contribution in [0.25, 0.3) is 0 Å². The molecule has 0 saturated heterocycles. The fourth-order valence-corrected chi connectivity index (χ4v) is 2.84. The molecule has 5 nitrogen and oxygen atoms in total. The van der Waals surface area contributed by atoms with Crippen molar-refractivity contribution in [2.24, 2.45) is 5.10 Å². The maximum absolute atomic E-state index is 11.9. The van der Waals surface area contributed by atoms with E-state index < -0.39 is 0 Å². The molecule has 5 heteroatoms. The van der Waals surface area contributed by atoms with E-state index in [-0.39, 0.29) is 12.5 Å². The zero-order valence-electron chi connectivity index (χ0n) is 16.5. The van der Waals surface area contributed by atoms with Crippen molar-refractivity contribution < 1.29 is 4.79 Å². The lowest BCUT2D eigenvalue weighted by molar-refractivity contribution is -0.119. The average molecular weight is 367 g/mol. The normalized spacial score (nSPS) is 10.8. The summed E-state index contributed by atoms with van der Waals surface area (Å²) in [4.78, 5) is 14.3. The summed E-state index contributed by atoms with van der Waals surface area (Å²) < 4.78 is 0. The first-order chi connectivity index (χ1) is 13.1. The molecule has 0 saturated carbocycles. The Morgan fingerprint density at radius 2 is 1.78 bits per heavy atom. The summed E-state index contributed by atoms with van der Waals surface area (Å²) >= 11 is 0. The van der Waals surface area contributed by atoms with Crippen LogP contribution in [0.4, 0.5) is 11.4 Å². The molecule has 0 aromatic heterocycles. The van der Waals surface area contributed by atoms with Crippen LogP contribution >= 0.6 is 0 Å². The highest BCUT2D eigenvalue weighted by Crippen LogP contribution is 2.15. The highest BCUT2D eigenvalue weighted by molar-refractivity contribution is 5.84. The lowest BCUT2D eigenvalue weighted by atomic mass is 10.2. The van der Waals surface area contributed by atoms with Crippen molar-refractivity contribution in [2.75, 3.05) is 29.9 Å². The van der Waals surface area contributed by atoms with Gasteiger partial charge in [-0.3, -0.25) is 4.79 Å². The lowest BCUT2D eigenvalue weighted by Crippen LogP contribution is -2.26. The molecule has 0 unspecified atom stereocenters. The topological polar surface area (TPSA) is 56.7 Å². The van der Waals surface area contributed by atoms with Crippen LogP contribution < -0.4 is 15.6 Å². The van der Waals surface area contributed by atoms with Gasteiger partial charge in [0.15, 0.2) is 0 Å². The standard InChI is InChI=1S/C22H30N4O/c1-4-13-26(14-5-2)21-11-9-19(10-12-21)16-24-25-22(27)17-23-20-8-6-7-18(3)15-20/h6-12,15-16,23H,4-5,13-14,17H2,1-3H3,(H,25,27)/b24-16-. The Bertz CT molecular complexity index is 734. The van der Waals surface area contributed by atoms with E-state index in [2.05, 4.69) is 46.7 Å². The maximum atomic E-state index is 11.9. The number of hydrogen-bond donors (Lipinski definition) is 2. The molecule has 0 atom stereocenters. The van der Waals surface area contributed by atoms with E-state index in [0.29, 0.717) is 0 Å². The van der Waals surface area contributed by atoms with E-state index >= 15 is 0 Å². The van der Waals surface area contributed by atoms with E-state index in [1.807, 2.05) is 43.3 Å². The summed E-state index contributed by atoms with van der Waals surface area (Å²) in [6.07, 6.45) is 3.93. The van der Waals surface area contributed by atoms with Crippen LogP contribution in [0.2, 0.25) is 0 Å². The zero-order valence-corrected chi connectivity index (χ0v) is 16.5. The van der Waals surface area contributed by atoms with Crippen molar-refractivity contribution >= 4 is 23.5 Å². The van der Waals surface area contributed by atoms with Gasteiger partial charge in [-0.15, -0.1) is 0 Å². The number of aryl methyl sites for hydroxylation is 1. The highest BCUT2D eigenvalue weighted by atomic mass is 16.2. The minimum absolute atomic E-state index is 0.179. The molecule has 27 heavy (non-hydrogen) atoms. The first-order valence-corrected chi connectivity index (χ1v) is 9.59. The van der Waals surface area contributed by atoms with Gasteiger partial charge in [-0.05, 0) is 55.2 Å². The second kappa shape index (κ2) is 11.0. The second-order valence-corrected chi connectivity index (χ2v) is 6.59. The van der Waals surface area contributed by atoms with Crippen LogP contribution in [-0.2, 0) is 4.79 Å². The van der Waals surface area contributed by atoms with Crippen LogP contribution in [0.15, 0.2) is 53.6 Å².